The Kier molecular flexibility index (Phi) is 5.43. The van der Waals surface area contributed by atoms with Gasteiger partial charge in [-0.3, -0.25) is 0 Å². The molecular formula is C21H22N6OS. The lowest BCUT2D eigenvalue weighted by atomic mass is 10.0. The lowest BCUT2D eigenvalue weighted by Crippen LogP contribution is -2.25. The molecule has 3 heterocycles. The molecule has 7 nitrogen and oxygen atoms in total. The van der Waals surface area contributed by atoms with E-state index in [1.807, 2.05) is 6.92 Å². The molecule has 1 saturated heterocycles. The standard InChI is InChI=1S/C21H22N6OS/c1-13-5-7-15(8-6-13)18-4-3-9-27(18)20-24-14(2)17(12-28)19(25-20)26-21-23-11-16(10-22)29-21/h5-8,11,18,28H,3-4,9,12H2,1-2H3,(H,23,24,25,26)/t18-/m0/s1. The van der Waals surface area contributed by atoms with E-state index in [1.165, 1.54) is 28.7 Å². The number of nitrogens with one attached hydrogen (secondary N) is 1. The van der Waals surface area contributed by atoms with Crippen molar-refractivity contribution in [3.05, 3.63) is 57.7 Å². The van der Waals surface area contributed by atoms with E-state index in [2.05, 4.69) is 57.4 Å². The van der Waals surface area contributed by atoms with Crippen molar-refractivity contribution in [1.29, 1.82) is 5.26 Å². The van der Waals surface area contributed by atoms with Crippen LogP contribution in [0.3, 0.4) is 0 Å². The normalized spacial score (nSPS) is 16.1. The van der Waals surface area contributed by atoms with Crippen LogP contribution in [0.1, 0.15) is 46.1 Å². The Balaban J connectivity index is 1.69. The molecule has 0 aliphatic carbocycles. The number of benzene rings is 1. The molecule has 0 unspecified atom stereocenters. The second-order valence-electron chi connectivity index (χ2n) is 7.12. The van der Waals surface area contributed by atoms with E-state index in [0.29, 0.717) is 27.3 Å². The first-order chi connectivity index (χ1) is 14.1. The zero-order valence-corrected chi connectivity index (χ0v) is 17.2. The van der Waals surface area contributed by atoms with Crippen LogP contribution < -0.4 is 10.2 Å². The quantitative estimate of drug-likeness (QED) is 0.661. The van der Waals surface area contributed by atoms with Crippen molar-refractivity contribution >= 4 is 28.2 Å². The SMILES string of the molecule is Cc1ccc([C@@H]2CCCN2c2nc(C)c(CO)c(Nc3ncc(C#N)s3)n2)cc1. The second-order valence-corrected chi connectivity index (χ2v) is 8.15. The highest BCUT2D eigenvalue weighted by Gasteiger charge is 2.29. The summed E-state index contributed by atoms with van der Waals surface area (Å²) in [6.07, 6.45) is 3.64. The van der Waals surface area contributed by atoms with Crippen LogP contribution in [0.4, 0.5) is 16.9 Å². The van der Waals surface area contributed by atoms with Crippen molar-refractivity contribution in [2.75, 3.05) is 16.8 Å². The fourth-order valence-electron chi connectivity index (χ4n) is 3.63. The fourth-order valence-corrected chi connectivity index (χ4v) is 4.24. The van der Waals surface area contributed by atoms with Gasteiger partial charge in [0.1, 0.15) is 16.8 Å². The Morgan fingerprint density at radius 1 is 1.28 bits per heavy atom. The Labute approximate surface area is 173 Å². The van der Waals surface area contributed by atoms with Crippen molar-refractivity contribution < 1.29 is 5.11 Å². The summed E-state index contributed by atoms with van der Waals surface area (Å²) >= 11 is 1.25. The number of aryl methyl sites for hydroxylation is 2. The number of nitrogens with zero attached hydrogens (tertiary/aromatic N) is 5. The Hall–Kier alpha value is -3.02. The maximum atomic E-state index is 9.84. The van der Waals surface area contributed by atoms with Crippen LogP contribution in [0.5, 0.6) is 0 Å². The van der Waals surface area contributed by atoms with Gasteiger partial charge in [0.05, 0.1) is 24.5 Å². The average Bonchev–Trinajstić information content (AvgIpc) is 3.38. The molecule has 0 saturated carbocycles. The summed E-state index contributed by atoms with van der Waals surface area (Å²) in [4.78, 5) is 16.4. The molecule has 0 radical (unpaired) electrons. The number of aliphatic hydroxyl groups is 1. The van der Waals surface area contributed by atoms with Crippen LogP contribution in [0.25, 0.3) is 0 Å². The molecule has 0 bridgehead atoms. The van der Waals surface area contributed by atoms with Crippen LogP contribution in [-0.2, 0) is 6.61 Å². The molecule has 2 N–H and O–H groups in total. The maximum Gasteiger partial charge on any atom is 0.228 e. The highest BCUT2D eigenvalue weighted by atomic mass is 32.1. The number of anilines is 3. The van der Waals surface area contributed by atoms with E-state index >= 15 is 0 Å². The van der Waals surface area contributed by atoms with Crippen molar-refractivity contribution in [2.45, 2.75) is 39.3 Å². The predicted molar refractivity (Wildman–Crippen MR) is 113 cm³/mol. The molecule has 29 heavy (non-hydrogen) atoms. The van der Waals surface area contributed by atoms with Crippen LogP contribution in [-0.4, -0.2) is 26.6 Å². The summed E-state index contributed by atoms with van der Waals surface area (Å²) in [5.74, 6) is 1.17. The van der Waals surface area contributed by atoms with Crippen molar-refractivity contribution in [3.8, 4) is 6.07 Å². The van der Waals surface area contributed by atoms with Gasteiger partial charge in [-0.2, -0.15) is 10.2 Å². The van der Waals surface area contributed by atoms with E-state index in [0.717, 1.165) is 25.1 Å². The summed E-state index contributed by atoms with van der Waals surface area (Å²) in [5.41, 5.74) is 3.86. The third-order valence-corrected chi connectivity index (χ3v) is 5.99. The number of hydrogen-bond acceptors (Lipinski definition) is 8. The van der Waals surface area contributed by atoms with Crippen LogP contribution in [0, 0.1) is 25.2 Å². The molecule has 1 aliphatic heterocycles. The monoisotopic (exact) mass is 406 g/mol. The fraction of sp³-hybridized carbons (Fsp3) is 0.333. The Morgan fingerprint density at radius 2 is 2.07 bits per heavy atom. The van der Waals surface area contributed by atoms with Gasteiger partial charge in [0.2, 0.25) is 5.95 Å². The predicted octanol–water partition coefficient (Wildman–Crippen LogP) is 4.00. The highest BCUT2D eigenvalue weighted by molar-refractivity contribution is 7.16. The van der Waals surface area contributed by atoms with Gasteiger partial charge in [-0.1, -0.05) is 41.2 Å². The first kappa shape index (κ1) is 19.3. The number of thiazole rings is 1. The molecule has 1 atom stereocenters. The van der Waals surface area contributed by atoms with Gasteiger partial charge in [0, 0.05) is 12.1 Å². The first-order valence-electron chi connectivity index (χ1n) is 9.53. The molecule has 0 spiro atoms. The summed E-state index contributed by atoms with van der Waals surface area (Å²) < 4.78 is 0. The van der Waals surface area contributed by atoms with Gasteiger partial charge in [-0.25, -0.2) is 9.97 Å². The van der Waals surface area contributed by atoms with Gasteiger partial charge >= 0.3 is 0 Å². The van der Waals surface area contributed by atoms with E-state index in [1.54, 1.807) is 0 Å². The highest BCUT2D eigenvalue weighted by Crippen LogP contribution is 2.36. The second kappa shape index (κ2) is 8.15. The first-order valence-corrected chi connectivity index (χ1v) is 10.3. The summed E-state index contributed by atoms with van der Waals surface area (Å²) in [7, 11) is 0. The number of aromatic nitrogens is 3. The Bertz CT molecular complexity index is 1060. The molecule has 148 valence electrons. The zero-order valence-electron chi connectivity index (χ0n) is 16.4. The van der Waals surface area contributed by atoms with E-state index in [4.69, 9.17) is 10.2 Å². The van der Waals surface area contributed by atoms with Gasteiger partial charge in [0.15, 0.2) is 5.13 Å². The molecule has 3 aromatic rings. The number of hydrogen-bond donors (Lipinski definition) is 2. The molecule has 4 rings (SSSR count). The summed E-state index contributed by atoms with van der Waals surface area (Å²) in [5, 5.41) is 22.6. The summed E-state index contributed by atoms with van der Waals surface area (Å²) in [6, 6.07) is 10.9. The molecule has 1 aromatic carbocycles. The minimum atomic E-state index is -0.174. The lowest BCUT2D eigenvalue weighted by Gasteiger charge is -2.26. The van der Waals surface area contributed by atoms with Gasteiger partial charge < -0.3 is 15.3 Å². The number of aliphatic hydroxyl groups excluding tert-OH is 1. The maximum absolute atomic E-state index is 9.84. The van der Waals surface area contributed by atoms with Crippen molar-refractivity contribution in [1.82, 2.24) is 15.0 Å². The van der Waals surface area contributed by atoms with Gasteiger partial charge in [0.25, 0.3) is 0 Å². The molecule has 1 fully saturated rings. The number of rotatable bonds is 5. The van der Waals surface area contributed by atoms with E-state index in [-0.39, 0.29) is 12.6 Å². The molecular weight excluding hydrogens is 384 g/mol. The molecule has 8 heteroatoms. The number of nitriles is 1. The van der Waals surface area contributed by atoms with Crippen LogP contribution in [0.15, 0.2) is 30.5 Å². The summed E-state index contributed by atoms with van der Waals surface area (Å²) in [6.45, 7) is 4.67. The van der Waals surface area contributed by atoms with Gasteiger partial charge in [-0.15, -0.1) is 0 Å². The lowest BCUT2D eigenvalue weighted by molar-refractivity contribution is 0.280. The molecule has 0 amide bonds. The van der Waals surface area contributed by atoms with Crippen molar-refractivity contribution in [3.63, 3.8) is 0 Å². The van der Waals surface area contributed by atoms with E-state index < -0.39 is 0 Å². The minimum Gasteiger partial charge on any atom is -0.391 e. The third kappa shape index (κ3) is 3.92. The minimum absolute atomic E-state index is 0.174. The zero-order chi connectivity index (χ0) is 20.4. The average molecular weight is 407 g/mol. The smallest absolute Gasteiger partial charge is 0.228 e. The largest absolute Gasteiger partial charge is 0.391 e. The van der Waals surface area contributed by atoms with Gasteiger partial charge in [-0.05, 0) is 32.3 Å². The topological polar surface area (TPSA) is 98.0 Å². The Morgan fingerprint density at radius 3 is 2.76 bits per heavy atom. The van der Waals surface area contributed by atoms with Crippen LogP contribution >= 0.6 is 11.3 Å². The van der Waals surface area contributed by atoms with E-state index in [9.17, 15) is 5.11 Å². The molecule has 1 aliphatic rings. The third-order valence-electron chi connectivity index (χ3n) is 5.17. The molecule has 2 aromatic heterocycles. The van der Waals surface area contributed by atoms with Crippen LogP contribution in [0.2, 0.25) is 0 Å². The van der Waals surface area contributed by atoms with Crippen molar-refractivity contribution in [2.24, 2.45) is 0 Å².